The van der Waals surface area contributed by atoms with Gasteiger partial charge in [0.25, 0.3) is 0 Å². The van der Waals surface area contributed by atoms with E-state index in [4.69, 9.17) is 9.47 Å². The Morgan fingerprint density at radius 2 is 2.03 bits per heavy atom. The molecule has 1 aliphatic heterocycles. The fourth-order valence-corrected chi connectivity index (χ4v) is 10.5. The van der Waals surface area contributed by atoms with Crippen molar-refractivity contribution in [3.63, 3.8) is 0 Å². The summed E-state index contributed by atoms with van der Waals surface area (Å²) >= 11 is 0. The molecule has 1 heterocycles. The van der Waals surface area contributed by atoms with E-state index < -0.39 is 0 Å². The van der Waals surface area contributed by atoms with Gasteiger partial charge in [0.1, 0.15) is 6.10 Å². The molecule has 1 saturated heterocycles. The Morgan fingerprint density at radius 1 is 1.28 bits per heavy atom. The molecule has 0 amide bonds. The first-order valence-electron chi connectivity index (χ1n) is 14.2. The van der Waals surface area contributed by atoms with Gasteiger partial charge in [0.15, 0.2) is 0 Å². The number of allylic oxidation sites excluding steroid dienone is 1. The fraction of sp³-hybridized carbons (Fsp3) is 0.806. The summed E-state index contributed by atoms with van der Waals surface area (Å²) in [5.74, 6) is 1.50. The van der Waals surface area contributed by atoms with Crippen LogP contribution in [0, 0.1) is 45.3 Å². The number of aliphatic hydroxyl groups is 1. The summed E-state index contributed by atoms with van der Waals surface area (Å²) in [5.41, 5.74) is 2.30. The zero-order chi connectivity index (χ0) is 26.1. The van der Waals surface area contributed by atoms with Crippen LogP contribution in [0.1, 0.15) is 91.9 Å². The van der Waals surface area contributed by atoms with Gasteiger partial charge in [-0.25, -0.2) is 4.79 Å². The van der Waals surface area contributed by atoms with Crippen LogP contribution in [-0.4, -0.2) is 36.9 Å². The van der Waals surface area contributed by atoms with Crippen molar-refractivity contribution in [1.29, 1.82) is 0 Å². The Morgan fingerprint density at radius 3 is 2.72 bits per heavy atom. The van der Waals surface area contributed by atoms with Gasteiger partial charge in [0.05, 0.1) is 13.7 Å². The van der Waals surface area contributed by atoms with Crippen LogP contribution in [0.2, 0.25) is 0 Å². The molecule has 36 heavy (non-hydrogen) atoms. The molecule has 200 valence electrons. The molecule has 0 aromatic carbocycles. The molecule has 1 spiro atoms. The molecule has 5 heteroatoms. The lowest BCUT2D eigenvalue weighted by atomic mass is 9.43. The Hall–Kier alpha value is -1.62. The number of methoxy groups -OCH3 is 1. The molecule has 9 atom stereocenters. The van der Waals surface area contributed by atoms with Crippen molar-refractivity contribution >= 4 is 11.9 Å². The zero-order valence-corrected chi connectivity index (χ0v) is 23.0. The minimum Gasteiger partial charge on any atom is -0.469 e. The standard InChI is InChI=1S/C31H46O5/c1-19(17-32)8-7-9-20(2)22-10-12-29(5)24-16-23-26(21(3)27(34)36-23)31(13-11-25(33)35-6)18-30(24,31)15-14-28(22,29)4/h8,20,22-24,26,32H,3,7,9-18H2,1-2,4-6H3. The highest BCUT2D eigenvalue weighted by molar-refractivity contribution is 5.91. The van der Waals surface area contributed by atoms with Gasteiger partial charge in [-0.1, -0.05) is 39.0 Å². The topological polar surface area (TPSA) is 72.8 Å². The van der Waals surface area contributed by atoms with Crippen LogP contribution in [0.4, 0.5) is 0 Å². The first-order chi connectivity index (χ1) is 17.0. The van der Waals surface area contributed by atoms with E-state index >= 15 is 0 Å². The number of hydrogen-bond donors (Lipinski definition) is 1. The highest BCUT2D eigenvalue weighted by Gasteiger charge is 2.83. The number of fused-ring (bicyclic) bond motifs is 4. The summed E-state index contributed by atoms with van der Waals surface area (Å²) in [4.78, 5) is 24.9. The van der Waals surface area contributed by atoms with E-state index in [1.54, 1.807) is 0 Å². The lowest BCUT2D eigenvalue weighted by Crippen LogP contribution is -2.56. The molecule has 1 N–H and O–H groups in total. The van der Waals surface area contributed by atoms with Crippen LogP contribution in [0.5, 0.6) is 0 Å². The molecule has 5 nitrogen and oxygen atoms in total. The minimum atomic E-state index is -0.222. The molecule has 4 aliphatic carbocycles. The molecular weight excluding hydrogens is 452 g/mol. The van der Waals surface area contributed by atoms with Gasteiger partial charge in [-0.2, -0.15) is 0 Å². The highest BCUT2D eigenvalue weighted by Crippen LogP contribution is 2.88. The van der Waals surface area contributed by atoms with Gasteiger partial charge in [-0.15, -0.1) is 0 Å². The average molecular weight is 499 g/mol. The second-order valence-corrected chi connectivity index (χ2v) is 13.5. The van der Waals surface area contributed by atoms with Crippen LogP contribution in [0.15, 0.2) is 23.8 Å². The Bertz CT molecular complexity index is 983. The predicted molar refractivity (Wildman–Crippen MR) is 139 cm³/mol. The molecule has 5 fully saturated rings. The number of esters is 2. The summed E-state index contributed by atoms with van der Waals surface area (Å²) in [7, 11) is 1.46. The van der Waals surface area contributed by atoms with Gasteiger partial charge < -0.3 is 14.6 Å². The second kappa shape index (κ2) is 8.71. The lowest BCUT2D eigenvalue weighted by Gasteiger charge is -2.61. The summed E-state index contributed by atoms with van der Waals surface area (Å²) in [6.07, 6.45) is 12.4. The van der Waals surface area contributed by atoms with Gasteiger partial charge in [0, 0.05) is 17.9 Å². The van der Waals surface area contributed by atoms with Gasteiger partial charge in [-0.05, 0) is 104 Å². The van der Waals surface area contributed by atoms with Crippen LogP contribution >= 0.6 is 0 Å². The summed E-state index contributed by atoms with van der Waals surface area (Å²) in [6, 6.07) is 0. The molecule has 5 aliphatic rings. The van der Waals surface area contributed by atoms with Crippen molar-refractivity contribution in [2.75, 3.05) is 13.7 Å². The Balaban J connectivity index is 1.43. The molecule has 0 aromatic rings. The number of rotatable bonds is 8. The van der Waals surface area contributed by atoms with E-state index in [1.165, 1.54) is 32.8 Å². The fourth-order valence-electron chi connectivity index (χ4n) is 10.5. The van der Waals surface area contributed by atoms with Crippen molar-refractivity contribution in [1.82, 2.24) is 0 Å². The first kappa shape index (κ1) is 26.0. The molecule has 0 bridgehead atoms. The minimum absolute atomic E-state index is 0.0523. The Kier molecular flexibility index (Phi) is 6.29. The van der Waals surface area contributed by atoms with Crippen molar-refractivity contribution in [2.45, 2.75) is 98.0 Å². The van der Waals surface area contributed by atoms with Crippen molar-refractivity contribution in [2.24, 2.45) is 45.3 Å². The number of carbonyl (C=O) groups is 2. The summed E-state index contributed by atoms with van der Waals surface area (Å²) in [5, 5.41) is 9.35. The second-order valence-electron chi connectivity index (χ2n) is 13.5. The quantitative estimate of drug-likeness (QED) is 0.252. The third-order valence-electron chi connectivity index (χ3n) is 12.5. The van der Waals surface area contributed by atoms with E-state index in [0.29, 0.717) is 29.7 Å². The first-order valence-corrected chi connectivity index (χ1v) is 14.2. The third kappa shape index (κ3) is 3.36. The molecule has 0 aromatic heterocycles. The molecular formula is C31H46O5. The predicted octanol–water partition coefficient (Wildman–Crippen LogP) is 6.01. The van der Waals surface area contributed by atoms with E-state index in [0.717, 1.165) is 37.7 Å². The van der Waals surface area contributed by atoms with E-state index in [-0.39, 0.29) is 52.2 Å². The number of ether oxygens (including phenoxy) is 2. The van der Waals surface area contributed by atoms with Crippen molar-refractivity contribution in [3.05, 3.63) is 23.8 Å². The maximum atomic E-state index is 12.7. The monoisotopic (exact) mass is 498 g/mol. The normalized spacial score (nSPS) is 45.8. The average Bonchev–Trinajstić information content (AvgIpc) is 3.31. The van der Waals surface area contributed by atoms with Crippen LogP contribution in [0.25, 0.3) is 0 Å². The van der Waals surface area contributed by atoms with E-state index in [1.807, 2.05) is 6.92 Å². The molecule has 5 rings (SSSR count). The van der Waals surface area contributed by atoms with Gasteiger partial charge in [0.2, 0.25) is 0 Å². The Labute approximate surface area is 217 Å². The maximum Gasteiger partial charge on any atom is 0.334 e. The molecule has 0 radical (unpaired) electrons. The van der Waals surface area contributed by atoms with Crippen LogP contribution < -0.4 is 0 Å². The highest BCUT2D eigenvalue weighted by atomic mass is 16.6. The van der Waals surface area contributed by atoms with Crippen LogP contribution in [0.3, 0.4) is 0 Å². The SMILES string of the molecule is C=C1C(=O)OC2CC3C4(C)CCC(C(C)CCC=C(C)CO)C4(C)CCC34CC4(CCC(=O)OC)C12. The lowest BCUT2D eigenvalue weighted by molar-refractivity contribution is -0.158. The van der Waals surface area contributed by atoms with Crippen molar-refractivity contribution in [3.8, 4) is 0 Å². The molecule has 4 saturated carbocycles. The summed E-state index contributed by atoms with van der Waals surface area (Å²) < 4.78 is 11.0. The zero-order valence-electron chi connectivity index (χ0n) is 23.0. The van der Waals surface area contributed by atoms with E-state index in [2.05, 4.69) is 33.4 Å². The van der Waals surface area contributed by atoms with Gasteiger partial charge >= 0.3 is 11.9 Å². The maximum absolute atomic E-state index is 12.7. The number of aliphatic hydroxyl groups excluding tert-OH is 1. The molecule has 9 unspecified atom stereocenters. The van der Waals surface area contributed by atoms with Gasteiger partial charge in [-0.3, -0.25) is 4.79 Å². The number of hydrogen-bond acceptors (Lipinski definition) is 5. The van der Waals surface area contributed by atoms with E-state index in [9.17, 15) is 14.7 Å². The largest absolute Gasteiger partial charge is 0.469 e. The smallest absolute Gasteiger partial charge is 0.334 e. The van der Waals surface area contributed by atoms with Crippen molar-refractivity contribution < 1.29 is 24.2 Å². The third-order valence-corrected chi connectivity index (χ3v) is 12.5. The van der Waals surface area contributed by atoms with Crippen LogP contribution in [-0.2, 0) is 19.1 Å². The summed E-state index contributed by atoms with van der Waals surface area (Å²) in [6.45, 7) is 13.9. The number of carbonyl (C=O) groups excluding carboxylic acids is 2.